The molecule has 2 aromatic rings. The molecular formula is C22H29N3OS. The molecule has 5 heteroatoms. The quantitative estimate of drug-likeness (QED) is 0.790. The van der Waals surface area contributed by atoms with Crippen molar-refractivity contribution < 1.29 is 4.79 Å². The van der Waals surface area contributed by atoms with Crippen molar-refractivity contribution in [2.45, 2.75) is 39.7 Å². The van der Waals surface area contributed by atoms with Crippen LogP contribution >= 0.6 is 11.8 Å². The Kier molecular flexibility index (Phi) is 5.42. The van der Waals surface area contributed by atoms with Gasteiger partial charge in [-0.25, -0.2) is 0 Å². The molecule has 0 unspecified atom stereocenters. The van der Waals surface area contributed by atoms with E-state index in [0.717, 1.165) is 53.7 Å². The summed E-state index contributed by atoms with van der Waals surface area (Å²) < 4.78 is 0. The van der Waals surface area contributed by atoms with Gasteiger partial charge >= 0.3 is 0 Å². The largest absolute Gasteiger partial charge is 0.339 e. The first-order valence-electron chi connectivity index (χ1n) is 10.0. The summed E-state index contributed by atoms with van der Waals surface area (Å²) in [4.78, 5) is 22.7. The molecule has 3 heterocycles. The molecule has 2 aliphatic heterocycles. The number of pyridine rings is 1. The van der Waals surface area contributed by atoms with Gasteiger partial charge in [0.25, 0.3) is 5.91 Å². The molecule has 0 spiro atoms. The molecule has 1 aromatic heterocycles. The van der Waals surface area contributed by atoms with E-state index in [2.05, 4.69) is 47.5 Å². The van der Waals surface area contributed by atoms with Crippen molar-refractivity contribution in [3.05, 3.63) is 40.6 Å². The molecule has 4 rings (SSSR count). The molecule has 0 radical (unpaired) electrons. The summed E-state index contributed by atoms with van der Waals surface area (Å²) in [6, 6.07) is 6.87. The molecule has 2 saturated heterocycles. The van der Waals surface area contributed by atoms with E-state index in [1.807, 2.05) is 13.0 Å². The normalized spacial score (nSPS) is 19.6. The number of likely N-dealkylation sites (tertiary alicyclic amines) is 1. The van der Waals surface area contributed by atoms with E-state index in [9.17, 15) is 4.79 Å². The van der Waals surface area contributed by atoms with Crippen LogP contribution in [0.5, 0.6) is 0 Å². The highest BCUT2D eigenvalue weighted by Crippen LogP contribution is 2.27. The summed E-state index contributed by atoms with van der Waals surface area (Å²) in [6.45, 7) is 10.3. The number of carbonyl (C=O) groups excluding carboxylic acids is 1. The average molecular weight is 384 g/mol. The fraction of sp³-hybridized carbons (Fsp3) is 0.545. The maximum absolute atomic E-state index is 13.4. The van der Waals surface area contributed by atoms with Gasteiger partial charge in [0.2, 0.25) is 0 Å². The van der Waals surface area contributed by atoms with Crippen molar-refractivity contribution in [3.8, 4) is 0 Å². The molecule has 0 N–H and O–H groups in total. The average Bonchev–Trinajstić information content (AvgIpc) is 2.68. The predicted molar refractivity (Wildman–Crippen MR) is 114 cm³/mol. The number of hydrogen-bond donors (Lipinski definition) is 0. The van der Waals surface area contributed by atoms with Gasteiger partial charge in [-0.1, -0.05) is 11.6 Å². The van der Waals surface area contributed by atoms with Crippen molar-refractivity contribution in [1.82, 2.24) is 14.8 Å². The highest BCUT2D eigenvalue weighted by molar-refractivity contribution is 7.99. The number of benzene rings is 1. The molecule has 27 heavy (non-hydrogen) atoms. The summed E-state index contributed by atoms with van der Waals surface area (Å²) in [5, 5.41) is 0.998. The third-order valence-electron chi connectivity index (χ3n) is 5.92. The highest BCUT2D eigenvalue weighted by Gasteiger charge is 2.29. The molecule has 2 aliphatic rings. The third kappa shape index (κ3) is 3.85. The number of carbonyl (C=O) groups is 1. The lowest BCUT2D eigenvalue weighted by Gasteiger charge is -2.40. The minimum Gasteiger partial charge on any atom is -0.339 e. The van der Waals surface area contributed by atoms with Crippen LogP contribution in [0.25, 0.3) is 10.9 Å². The SMILES string of the molecule is Cc1cc(C)c2nc(C)cc(C(=O)N3CCC(N4CCSCC4)CC3)c2c1. The summed E-state index contributed by atoms with van der Waals surface area (Å²) in [6.07, 6.45) is 2.19. The topological polar surface area (TPSA) is 36.4 Å². The molecule has 1 amide bonds. The van der Waals surface area contributed by atoms with Gasteiger partial charge in [0.05, 0.1) is 11.1 Å². The molecule has 1 aromatic carbocycles. The zero-order valence-corrected chi connectivity index (χ0v) is 17.4. The number of piperidine rings is 1. The Morgan fingerprint density at radius 3 is 2.44 bits per heavy atom. The number of thioether (sulfide) groups is 1. The van der Waals surface area contributed by atoms with Crippen LogP contribution < -0.4 is 0 Å². The van der Waals surface area contributed by atoms with Crippen molar-refractivity contribution in [2.75, 3.05) is 37.7 Å². The molecule has 0 atom stereocenters. The Morgan fingerprint density at radius 2 is 1.74 bits per heavy atom. The Balaban J connectivity index is 1.55. The Morgan fingerprint density at radius 1 is 1.04 bits per heavy atom. The van der Waals surface area contributed by atoms with Gasteiger partial charge in [0, 0.05) is 54.8 Å². The van der Waals surface area contributed by atoms with Gasteiger partial charge in [-0.05, 0) is 51.3 Å². The predicted octanol–water partition coefficient (Wildman–Crippen LogP) is 3.81. The van der Waals surface area contributed by atoms with E-state index in [1.165, 1.54) is 30.2 Å². The second kappa shape index (κ2) is 7.80. The van der Waals surface area contributed by atoms with Crippen molar-refractivity contribution in [2.24, 2.45) is 0 Å². The van der Waals surface area contributed by atoms with E-state index in [1.54, 1.807) is 0 Å². The van der Waals surface area contributed by atoms with Crippen molar-refractivity contribution in [3.63, 3.8) is 0 Å². The van der Waals surface area contributed by atoms with Crippen molar-refractivity contribution in [1.29, 1.82) is 0 Å². The van der Waals surface area contributed by atoms with Crippen LogP contribution in [0.4, 0.5) is 0 Å². The van der Waals surface area contributed by atoms with Crippen LogP contribution in [0.15, 0.2) is 18.2 Å². The van der Waals surface area contributed by atoms with E-state index in [-0.39, 0.29) is 5.91 Å². The minimum atomic E-state index is 0.170. The van der Waals surface area contributed by atoms with Crippen LogP contribution in [0, 0.1) is 20.8 Å². The maximum Gasteiger partial charge on any atom is 0.254 e. The lowest BCUT2D eigenvalue weighted by Crippen LogP contribution is -2.49. The van der Waals surface area contributed by atoms with Crippen LogP contribution in [0.1, 0.15) is 40.0 Å². The van der Waals surface area contributed by atoms with Crippen LogP contribution in [0.3, 0.4) is 0 Å². The fourth-order valence-electron chi connectivity index (χ4n) is 4.53. The first-order valence-corrected chi connectivity index (χ1v) is 11.2. The zero-order chi connectivity index (χ0) is 19.0. The maximum atomic E-state index is 13.4. The summed E-state index contributed by atoms with van der Waals surface area (Å²) >= 11 is 2.06. The van der Waals surface area contributed by atoms with Crippen molar-refractivity contribution >= 4 is 28.6 Å². The molecule has 2 fully saturated rings. The van der Waals surface area contributed by atoms with E-state index >= 15 is 0 Å². The van der Waals surface area contributed by atoms with E-state index in [0.29, 0.717) is 6.04 Å². The van der Waals surface area contributed by atoms with Gasteiger partial charge in [-0.15, -0.1) is 0 Å². The number of hydrogen-bond acceptors (Lipinski definition) is 4. The molecule has 144 valence electrons. The summed E-state index contributed by atoms with van der Waals surface area (Å²) in [5.41, 5.74) is 5.02. The zero-order valence-electron chi connectivity index (χ0n) is 16.6. The van der Waals surface area contributed by atoms with E-state index < -0.39 is 0 Å². The van der Waals surface area contributed by atoms with Gasteiger partial charge in [0.1, 0.15) is 0 Å². The first-order chi connectivity index (χ1) is 13.0. The van der Waals surface area contributed by atoms with E-state index in [4.69, 9.17) is 4.98 Å². The highest BCUT2D eigenvalue weighted by atomic mass is 32.2. The smallest absolute Gasteiger partial charge is 0.254 e. The third-order valence-corrected chi connectivity index (χ3v) is 6.86. The van der Waals surface area contributed by atoms with Crippen LogP contribution in [-0.4, -0.2) is 64.4 Å². The number of aromatic nitrogens is 1. The summed E-state index contributed by atoms with van der Waals surface area (Å²) in [7, 11) is 0. The summed E-state index contributed by atoms with van der Waals surface area (Å²) in [5.74, 6) is 2.67. The Hall–Kier alpha value is -1.59. The number of amides is 1. The second-order valence-electron chi connectivity index (χ2n) is 7.96. The Bertz CT molecular complexity index is 852. The first kappa shape index (κ1) is 18.8. The Labute approximate surface area is 166 Å². The standard InChI is InChI=1S/C22H29N3OS/c1-15-12-16(2)21-19(13-15)20(14-17(3)23-21)22(26)25-6-4-18(5-7-25)24-8-10-27-11-9-24/h12-14,18H,4-11H2,1-3H3. The van der Waals surface area contributed by atoms with Gasteiger partial charge in [-0.2, -0.15) is 11.8 Å². The van der Waals surface area contributed by atoms with Crippen LogP contribution in [-0.2, 0) is 0 Å². The molecular weight excluding hydrogens is 354 g/mol. The number of aryl methyl sites for hydroxylation is 3. The van der Waals surface area contributed by atoms with Gasteiger partial charge in [-0.3, -0.25) is 14.7 Å². The molecule has 0 saturated carbocycles. The number of rotatable bonds is 2. The van der Waals surface area contributed by atoms with Gasteiger partial charge < -0.3 is 4.90 Å². The number of fused-ring (bicyclic) bond motifs is 1. The minimum absolute atomic E-state index is 0.170. The second-order valence-corrected chi connectivity index (χ2v) is 9.19. The lowest BCUT2D eigenvalue weighted by atomic mass is 9.98. The van der Waals surface area contributed by atoms with Crippen LogP contribution in [0.2, 0.25) is 0 Å². The fourth-order valence-corrected chi connectivity index (χ4v) is 5.46. The number of nitrogens with zero attached hydrogens (tertiary/aromatic N) is 3. The lowest BCUT2D eigenvalue weighted by molar-refractivity contribution is 0.0632. The van der Waals surface area contributed by atoms with Gasteiger partial charge in [0.15, 0.2) is 0 Å². The monoisotopic (exact) mass is 383 g/mol. The molecule has 4 nitrogen and oxygen atoms in total. The molecule has 0 aliphatic carbocycles. The molecule has 0 bridgehead atoms.